The van der Waals surface area contributed by atoms with Crippen molar-refractivity contribution >= 4 is 56.0 Å². The molecule has 2 aromatic heterocycles. The Hall–Kier alpha value is -4.04. The van der Waals surface area contributed by atoms with Gasteiger partial charge in [-0.1, -0.05) is 49.7 Å². The molecule has 0 radical (unpaired) electrons. The molecule has 1 amide bonds. The number of anilines is 1. The van der Waals surface area contributed by atoms with Crippen molar-refractivity contribution in [2.45, 2.75) is 58.4 Å². The average Bonchev–Trinajstić information content (AvgIpc) is 3.16. The quantitative estimate of drug-likeness (QED) is 0.237. The minimum Gasteiger partial charge on any atom is -0.478 e. The van der Waals surface area contributed by atoms with Crippen LogP contribution in [0.1, 0.15) is 73.5 Å². The minimum absolute atomic E-state index is 0.111. The predicted octanol–water partition coefficient (Wildman–Crippen LogP) is 7.47. The minimum atomic E-state index is -0.978. The Bertz CT molecular complexity index is 1760. The van der Waals surface area contributed by atoms with Crippen LogP contribution in [0.5, 0.6) is 0 Å². The molecule has 1 fully saturated rings. The highest BCUT2D eigenvalue weighted by Crippen LogP contribution is 2.47. The number of carboxylic acid groups (broad SMARTS) is 1. The second kappa shape index (κ2) is 10.2. The molecule has 0 saturated heterocycles. The number of aromatic nitrogens is 2. The molecule has 40 heavy (non-hydrogen) atoms. The predicted molar refractivity (Wildman–Crippen MR) is 163 cm³/mol. The highest BCUT2D eigenvalue weighted by molar-refractivity contribution is 8.11. The van der Waals surface area contributed by atoms with E-state index in [0.717, 1.165) is 74.3 Å². The molecule has 2 aromatic carbocycles. The molecule has 3 heterocycles. The number of carboxylic acids is 1. The van der Waals surface area contributed by atoms with Crippen LogP contribution in [-0.4, -0.2) is 26.5 Å². The second-order valence-corrected chi connectivity index (χ2v) is 12.2. The van der Waals surface area contributed by atoms with E-state index in [1.54, 1.807) is 12.1 Å². The number of amides is 1. The number of hydrogen-bond donors (Lipinski definition) is 3. The smallest absolute Gasteiger partial charge is 0.335 e. The average molecular weight is 553 g/mol. The first-order valence-electron chi connectivity index (χ1n) is 13.7. The van der Waals surface area contributed by atoms with Crippen molar-refractivity contribution in [3.8, 4) is 11.3 Å². The summed E-state index contributed by atoms with van der Waals surface area (Å²) in [5.74, 6) is -0.784. The number of thioether (sulfide) groups is 1. The van der Waals surface area contributed by atoms with E-state index < -0.39 is 5.97 Å². The standard InChI is InChI=1S/C32H32N4O3S/c1-17(2)40-31(18(3)33)24-12-10-20-13-23-26(15-25(20)34-24)35-28(37)16-36-27-14-21(32(38)39)9-11-22(27)29(30(23)36)19-7-5-4-6-8-19/h9-15,19H,1,4-8,16,33H2,2-3H3,(H,35,37)(H,38,39)/b31-18-. The second-order valence-electron chi connectivity index (χ2n) is 10.9. The van der Waals surface area contributed by atoms with Gasteiger partial charge < -0.3 is 20.7 Å². The number of hydrogen-bond acceptors (Lipinski definition) is 5. The highest BCUT2D eigenvalue weighted by Gasteiger charge is 2.31. The lowest BCUT2D eigenvalue weighted by Crippen LogP contribution is -2.16. The molecule has 4 aromatic rings. The maximum absolute atomic E-state index is 13.3. The Morgan fingerprint density at radius 1 is 1.12 bits per heavy atom. The third kappa shape index (κ3) is 4.56. The number of allylic oxidation sites excluding steroid dienone is 2. The maximum Gasteiger partial charge on any atom is 0.335 e. The van der Waals surface area contributed by atoms with Crippen molar-refractivity contribution in [2.75, 3.05) is 5.32 Å². The molecule has 204 valence electrons. The van der Waals surface area contributed by atoms with Gasteiger partial charge in [0.15, 0.2) is 0 Å². The van der Waals surface area contributed by atoms with Crippen molar-refractivity contribution in [1.29, 1.82) is 0 Å². The lowest BCUT2D eigenvalue weighted by atomic mass is 9.81. The first-order chi connectivity index (χ1) is 19.2. The van der Waals surface area contributed by atoms with Crippen LogP contribution in [0.25, 0.3) is 38.0 Å². The largest absolute Gasteiger partial charge is 0.478 e. The normalized spacial score (nSPS) is 16.2. The molecular formula is C32H32N4O3S. The van der Waals surface area contributed by atoms with Crippen LogP contribution in [0.4, 0.5) is 5.69 Å². The number of nitrogens with zero attached hydrogens (tertiary/aromatic N) is 2. The molecule has 2 aliphatic rings. The van der Waals surface area contributed by atoms with E-state index in [9.17, 15) is 14.7 Å². The van der Waals surface area contributed by atoms with Gasteiger partial charge in [-0.15, -0.1) is 0 Å². The van der Waals surface area contributed by atoms with E-state index in [0.29, 0.717) is 17.3 Å². The van der Waals surface area contributed by atoms with Crippen molar-refractivity contribution in [1.82, 2.24) is 9.55 Å². The number of aromatic carboxylic acids is 1. The van der Waals surface area contributed by atoms with Gasteiger partial charge in [-0.3, -0.25) is 4.79 Å². The Kier molecular flexibility index (Phi) is 6.66. The van der Waals surface area contributed by atoms with Gasteiger partial charge in [0.2, 0.25) is 5.91 Å². The fourth-order valence-electron chi connectivity index (χ4n) is 6.21. The zero-order valence-electron chi connectivity index (χ0n) is 22.7. The lowest BCUT2D eigenvalue weighted by Gasteiger charge is -2.24. The number of nitrogens with two attached hydrogens (primary N) is 1. The summed E-state index contributed by atoms with van der Waals surface area (Å²) in [6, 6.07) is 13.4. The third-order valence-electron chi connectivity index (χ3n) is 7.89. The summed E-state index contributed by atoms with van der Waals surface area (Å²) >= 11 is 1.50. The van der Waals surface area contributed by atoms with Crippen LogP contribution in [-0.2, 0) is 11.3 Å². The van der Waals surface area contributed by atoms with E-state index in [1.165, 1.54) is 23.7 Å². The van der Waals surface area contributed by atoms with E-state index in [1.807, 2.05) is 42.7 Å². The molecule has 0 atom stereocenters. The van der Waals surface area contributed by atoms with E-state index >= 15 is 0 Å². The number of rotatable bonds is 5. The molecule has 1 saturated carbocycles. The van der Waals surface area contributed by atoms with Crippen LogP contribution in [0.2, 0.25) is 0 Å². The Morgan fingerprint density at radius 2 is 1.90 bits per heavy atom. The van der Waals surface area contributed by atoms with E-state index in [4.69, 9.17) is 10.7 Å². The van der Waals surface area contributed by atoms with Crippen LogP contribution in [0.3, 0.4) is 0 Å². The summed E-state index contributed by atoms with van der Waals surface area (Å²) in [4.78, 5) is 31.9. The summed E-state index contributed by atoms with van der Waals surface area (Å²) in [5.41, 5.74) is 13.3. The number of benzene rings is 2. The lowest BCUT2D eigenvalue weighted by molar-refractivity contribution is -0.116. The summed E-state index contributed by atoms with van der Waals surface area (Å²) in [7, 11) is 0. The van der Waals surface area contributed by atoms with Gasteiger partial charge in [-0.2, -0.15) is 0 Å². The first-order valence-corrected chi connectivity index (χ1v) is 14.5. The monoisotopic (exact) mass is 552 g/mol. The SMILES string of the molecule is C=C(C)S/C(=C(/C)N)c1ccc2cc3c(cc2n1)NC(=O)Cn1c-3c(C2CCCCC2)c2ccc(C(=O)O)cc21. The fraction of sp³-hybridized carbons (Fsp3) is 0.281. The summed E-state index contributed by atoms with van der Waals surface area (Å²) in [5, 5.41) is 14.8. The van der Waals surface area contributed by atoms with Gasteiger partial charge in [0.1, 0.15) is 6.54 Å². The van der Waals surface area contributed by atoms with E-state index in [2.05, 4.69) is 18.0 Å². The zero-order valence-corrected chi connectivity index (χ0v) is 23.5. The molecule has 0 bridgehead atoms. The van der Waals surface area contributed by atoms with Gasteiger partial charge in [0, 0.05) is 22.0 Å². The van der Waals surface area contributed by atoms with Gasteiger partial charge in [-0.25, -0.2) is 9.78 Å². The van der Waals surface area contributed by atoms with Crippen LogP contribution in [0, 0.1) is 0 Å². The van der Waals surface area contributed by atoms with Crippen molar-refractivity contribution in [2.24, 2.45) is 5.73 Å². The molecule has 6 rings (SSSR count). The van der Waals surface area contributed by atoms with Gasteiger partial charge in [-0.05, 0) is 73.4 Å². The van der Waals surface area contributed by atoms with Crippen LogP contribution in [0.15, 0.2) is 59.6 Å². The molecule has 0 unspecified atom stereocenters. The molecule has 4 N–H and O–H groups in total. The first kappa shape index (κ1) is 26.2. The summed E-state index contributed by atoms with van der Waals surface area (Å²) in [6.07, 6.45) is 5.71. The highest BCUT2D eigenvalue weighted by atomic mass is 32.2. The van der Waals surface area contributed by atoms with E-state index in [-0.39, 0.29) is 18.0 Å². The van der Waals surface area contributed by atoms with Crippen molar-refractivity contribution < 1.29 is 14.7 Å². The number of nitrogens with one attached hydrogen (secondary N) is 1. The fourth-order valence-corrected chi connectivity index (χ4v) is 6.94. The number of carbonyl (C=O) groups excluding carboxylic acids is 1. The Balaban J connectivity index is 1.61. The zero-order chi connectivity index (χ0) is 28.1. The maximum atomic E-state index is 13.3. The molecule has 1 aliphatic carbocycles. The number of fused-ring (bicyclic) bond motifs is 6. The Morgan fingerprint density at radius 3 is 2.60 bits per heavy atom. The van der Waals surface area contributed by atoms with Gasteiger partial charge in [0.25, 0.3) is 0 Å². The molecule has 7 nitrogen and oxygen atoms in total. The van der Waals surface area contributed by atoms with Gasteiger partial charge >= 0.3 is 5.97 Å². The Labute approximate surface area is 237 Å². The molecule has 1 aliphatic heterocycles. The summed E-state index contributed by atoms with van der Waals surface area (Å²) < 4.78 is 2.02. The van der Waals surface area contributed by atoms with Crippen molar-refractivity contribution in [3.05, 3.63) is 76.5 Å². The number of carbonyl (C=O) groups is 2. The molecular weight excluding hydrogens is 520 g/mol. The van der Waals surface area contributed by atoms with Crippen molar-refractivity contribution in [3.63, 3.8) is 0 Å². The summed E-state index contributed by atoms with van der Waals surface area (Å²) in [6.45, 7) is 7.91. The molecule has 8 heteroatoms. The third-order valence-corrected chi connectivity index (χ3v) is 8.97. The number of pyridine rings is 1. The molecule has 0 spiro atoms. The topological polar surface area (TPSA) is 110 Å². The van der Waals surface area contributed by atoms with Gasteiger partial charge in [0.05, 0.1) is 38.6 Å². The van der Waals surface area contributed by atoms with Crippen LogP contribution < -0.4 is 11.1 Å². The van der Waals surface area contributed by atoms with Crippen LogP contribution >= 0.6 is 11.8 Å².